The molecule has 2 fully saturated rings. The van der Waals surface area contributed by atoms with Crippen LogP contribution in [0.4, 0.5) is 11.4 Å². The number of nitro groups is 2. The van der Waals surface area contributed by atoms with Gasteiger partial charge in [0.05, 0.1) is 49.5 Å². The van der Waals surface area contributed by atoms with E-state index >= 15 is 0 Å². The minimum absolute atomic E-state index is 0.0949. The van der Waals surface area contributed by atoms with Crippen molar-refractivity contribution in [2.75, 3.05) is 39.6 Å². The van der Waals surface area contributed by atoms with E-state index in [4.69, 9.17) is 28.4 Å². The van der Waals surface area contributed by atoms with Crippen molar-refractivity contribution >= 4 is 11.4 Å². The quantitative estimate of drug-likeness (QED) is 0.0307. The first kappa shape index (κ1) is 47.6. The molecule has 0 aromatic heterocycles. The Morgan fingerprint density at radius 2 is 0.683 bits per heavy atom. The van der Waals surface area contributed by atoms with Gasteiger partial charge in [-0.25, -0.2) is 0 Å². The molecule has 0 bridgehead atoms. The molecule has 12 nitrogen and oxygen atoms in total. The Morgan fingerprint density at radius 3 is 0.984 bits per heavy atom. The second-order valence-corrected chi connectivity index (χ2v) is 17.1. The smallest absolute Gasteiger partial charge is 0.412 e. The summed E-state index contributed by atoms with van der Waals surface area (Å²) in [7, 11) is 0. The summed E-state index contributed by atoms with van der Waals surface area (Å²) in [5.41, 5.74) is 4.09. The first-order valence-electron chi connectivity index (χ1n) is 23.4. The highest BCUT2D eigenvalue weighted by molar-refractivity contribution is 5.66. The number of unbranched alkanes of at least 4 members (excludes halogenated alkanes) is 14. The molecule has 4 aromatic rings. The SMILES string of the molecule is O=[N+]([O-])c1ccc(-c2ccc(OCCCCCCCCCCC3COC4(OC3)OCC(CCCCCCCCCCOc3ccc(-c5ccc([N+](=O)[O-])cc5)cc3)CO4)cc2)cc1. The lowest BCUT2D eigenvalue weighted by atomic mass is 10.0. The van der Waals surface area contributed by atoms with Crippen LogP contribution in [0, 0.1) is 32.1 Å². The van der Waals surface area contributed by atoms with E-state index in [0.717, 1.165) is 59.4 Å². The number of hydrogen-bond acceptors (Lipinski definition) is 10. The van der Waals surface area contributed by atoms with Gasteiger partial charge in [0.15, 0.2) is 0 Å². The molecule has 6 rings (SSSR count). The maximum absolute atomic E-state index is 10.9. The molecule has 0 amide bonds. The molecule has 2 aliphatic rings. The molecule has 0 atom stereocenters. The van der Waals surface area contributed by atoms with Crippen LogP contribution in [0.25, 0.3) is 22.3 Å². The maximum atomic E-state index is 10.9. The van der Waals surface area contributed by atoms with Crippen molar-refractivity contribution in [1.29, 1.82) is 0 Å². The molecular weight excluding hydrogens is 801 g/mol. The molecule has 2 aliphatic heterocycles. The standard InChI is InChI=1S/C51H66N2O10/c54-52(55)47-27-19-43(20-28-47)45-23-31-49(32-24-45)58-35-15-11-7-3-1-5-9-13-17-41-37-60-51(61-38-41)62-39-42(40-63-51)18-14-10-6-2-4-8-12-16-36-59-50-33-25-46(26-34-50)44-21-29-48(30-22-44)53(56)57/h19-34,41-42H,1-18,35-40H2. The van der Waals surface area contributed by atoms with Gasteiger partial charge in [-0.2, -0.15) is 0 Å². The van der Waals surface area contributed by atoms with Crippen LogP contribution in [0.1, 0.15) is 116 Å². The van der Waals surface area contributed by atoms with Crippen LogP contribution in [-0.4, -0.2) is 55.6 Å². The first-order valence-corrected chi connectivity index (χ1v) is 23.4. The summed E-state index contributed by atoms with van der Waals surface area (Å²) < 4.78 is 35.9. The summed E-state index contributed by atoms with van der Waals surface area (Å²) in [5.74, 6) is 2.46. The monoisotopic (exact) mass is 866 g/mol. The number of ether oxygens (including phenoxy) is 6. The lowest BCUT2D eigenvalue weighted by Gasteiger charge is -2.42. The zero-order chi connectivity index (χ0) is 44.0. The van der Waals surface area contributed by atoms with E-state index in [1.807, 2.05) is 48.5 Å². The average molecular weight is 867 g/mol. The van der Waals surface area contributed by atoms with Gasteiger partial charge in [0.1, 0.15) is 11.5 Å². The number of non-ortho nitro benzene ring substituents is 2. The van der Waals surface area contributed by atoms with Gasteiger partial charge in [-0.3, -0.25) is 20.2 Å². The molecule has 63 heavy (non-hydrogen) atoms. The van der Waals surface area contributed by atoms with Crippen LogP contribution >= 0.6 is 0 Å². The number of rotatable bonds is 28. The summed E-state index contributed by atoms with van der Waals surface area (Å²) in [4.78, 5) is 21.0. The third kappa shape index (κ3) is 16.3. The molecule has 0 aliphatic carbocycles. The summed E-state index contributed by atoms with van der Waals surface area (Å²) in [6.07, 6.45) is 20.2. The fourth-order valence-corrected chi connectivity index (χ4v) is 8.17. The minimum Gasteiger partial charge on any atom is -0.494 e. The lowest BCUT2D eigenvalue weighted by molar-refractivity contribution is -0.535. The van der Waals surface area contributed by atoms with Gasteiger partial charge in [-0.05, 0) is 96.5 Å². The zero-order valence-corrected chi connectivity index (χ0v) is 36.8. The normalized spacial score (nSPS) is 18.6. The van der Waals surface area contributed by atoms with Crippen LogP contribution in [0.5, 0.6) is 11.5 Å². The molecule has 2 saturated heterocycles. The number of nitro benzene ring substituents is 2. The van der Waals surface area contributed by atoms with Crippen molar-refractivity contribution in [3.05, 3.63) is 117 Å². The van der Waals surface area contributed by atoms with E-state index in [0.29, 0.717) is 51.5 Å². The molecule has 0 N–H and O–H groups in total. The zero-order valence-electron chi connectivity index (χ0n) is 36.8. The van der Waals surface area contributed by atoms with Crippen molar-refractivity contribution < 1.29 is 38.3 Å². The lowest BCUT2D eigenvalue weighted by Crippen LogP contribution is -2.53. The Kier molecular flexibility index (Phi) is 19.7. The molecule has 12 heteroatoms. The van der Waals surface area contributed by atoms with Gasteiger partial charge in [0, 0.05) is 36.1 Å². The third-order valence-corrected chi connectivity index (χ3v) is 12.1. The molecule has 340 valence electrons. The van der Waals surface area contributed by atoms with E-state index in [1.54, 1.807) is 24.3 Å². The van der Waals surface area contributed by atoms with Gasteiger partial charge in [0.25, 0.3) is 11.4 Å². The second-order valence-electron chi connectivity index (χ2n) is 17.1. The fraction of sp³-hybridized carbons (Fsp3) is 0.529. The van der Waals surface area contributed by atoms with Gasteiger partial charge < -0.3 is 28.4 Å². The number of nitrogens with zero attached hydrogens (tertiary/aromatic N) is 2. The Bertz CT molecular complexity index is 1760. The van der Waals surface area contributed by atoms with Gasteiger partial charge in [-0.15, -0.1) is 0 Å². The van der Waals surface area contributed by atoms with Crippen molar-refractivity contribution in [2.45, 2.75) is 122 Å². The Hall–Kier alpha value is -4.88. The Morgan fingerprint density at radius 1 is 0.413 bits per heavy atom. The second kappa shape index (κ2) is 26.0. The predicted molar refractivity (Wildman–Crippen MR) is 245 cm³/mol. The van der Waals surface area contributed by atoms with E-state index in [-0.39, 0.29) is 21.2 Å². The van der Waals surface area contributed by atoms with Crippen LogP contribution in [0.3, 0.4) is 0 Å². The highest BCUT2D eigenvalue weighted by Crippen LogP contribution is 2.33. The number of benzene rings is 4. The van der Waals surface area contributed by atoms with Crippen molar-refractivity contribution in [3.8, 4) is 33.8 Å². The molecule has 0 radical (unpaired) electrons. The van der Waals surface area contributed by atoms with E-state index < -0.39 is 6.16 Å². The maximum Gasteiger partial charge on any atom is 0.412 e. The molecule has 4 aromatic carbocycles. The largest absolute Gasteiger partial charge is 0.494 e. The van der Waals surface area contributed by atoms with Crippen LogP contribution in [0.2, 0.25) is 0 Å². The van der Waals surface area contributed by atoms with Gasteiger partial charge >= 0.3 is 6.16 Å². The summed E-state index contributed by atoms with van der Waals surface area (Å²) in [6, 6.07) is 29.0. The molecule has 0 saturated carbocycles. The van der Waals surface area contributed by atoms with Crippen molar-refractivity contribution in [3.63, 3.8) is 0 Å². The average Bonchev–Trinajstić information content (AvgIpc) is 3.31. The molecular formula is C51H66N2O10. The topological polar surface area (TPSA) is 142 Å². The first-order chi connectivity index (χ1) is 30.9. The van der Waals surface area contributed by atoms with Crippen molar-refractivity contribution in [1.82, 2.24) is 0 Å². The van der Waals surface area contributed by atoms with Gasteiger partial charge in [-0.1, -0.05) is 114 Å². The predicted octanol–water partition coefficient (Wildman–Crippen LogP) is 13.3. The highest BCUT2D eigenvalue weighted by atomic mass is 17.0. The molecule has 2 heterocycles. The fourth-order valence-electron chi connectivity index (χ4n) is 8.17. The Balaban J connectivity index is 0.680. The van der Waals surface area contributed by atoms with Crippen molar-refractivity contribution in [2.24, 2.45) is 11.8 Å². The van der Waals surface area contributed by atoms with E-state index in [9.17, 15) is 20.2 Å². The Labute approximate surface area is 372 Å². The van der Waals surface area contributed by atoms with E-state index in [2.05, 4.69) is 0 Å². The number of hydrogen-bond donors (Lipinski definition) is 0. The highest BCUT2D eigenvalue weighted by Gasteiger charge is 2.44. The summed E-state index contributed by atoms with van der Waals surface area (Å²) in [6.45, 7) is 3.88. The van der Waals surface area contributed by atoms with Crippen LogP contribution in [-0.2, 0) is 18.9 Å². The third-order valence-electron chi connectivity index (χ3n) is 12.1. The van der Waals surface area contributed by atoms with Crippen LogP contribution < -0.4 is 9.47 Å². The molecule has 0 unspecified atom stereocenters. The summed E-state index contributed by atoms with van der Waals surface area (Å²) >= 11 is 0. The van der Waals surface area contributed by atoms with Crippen LogP contribution in [0.15, 0.2) is 97.1 Å². The van der Waals surface area contributed by atoms with Gasteiger partial charge in [0.2, 0.25) is 0 Å². The summed E-state index contributed by atoms with van der Waals surface area (Å²) in [5, 5.41) is 21.8. The minimum atomic E-state index is -1.30. The van der Waals surface area contributed by atoms with E-state index in [1.165, 1.54) is 114 Å². The molecule has 1 spiro atoms.